The van der Waals surface area contributed by atoms with Gasteiger partial charge in [-0.05, 0) is 55.7 Å². The number of rotatable bonds is 2. The van der Waals surface area contributed by atoms with E-state index in [0.29, 0.717) is 18.8 Å². The Bertz CT molecular complexity index is 1060. The fraction of sp³-hybridized carbons (Fsp3) is 0.250. The van der Waals surface area contributed by atoms with Gasteiger partial charge in [0.2, 0.25) is 9.84 Å². The minimum atomic E-state index is -4.03. The minimum absolute atomic E-state index is 0.0598. The Morgan fingerprint density at radius 3 is 2.52 bits per heavy atom. The predicted molar refractivity (Wildman–Crippen MR) is 101 cm³/mol. The van der Waals surface area contributed by atoms with Crippen molar-refractivity contribution >= 4 is 27.1 Å². The summed E-state index contributed by atoms with van der Waals surface area (Å²) in [4.78, 5) is 15.7. The van der Waals surface area contributed by atoms with Gasteiger partial charge in [-0.2, -0.15) is 0 Å². The fourth-order valence-electron chi connectivity index (χ4n) is 3.52. The van der Waals surface area contributed by atoms with Gasteiger partial charge in [0.25, 0.3) is 5.91 Å². The molecule has 0 radical (unpaired) electrons. The third-order valence-corrected chi connectivity index (χ3v) is 6.67. The lowest BCUT2D eigenvalue weighted by molar-refractivity contribution is -0.125. The first-order valence-corrected chi connectivity index (χ1v) is 10.3. The number of halogens is 1. The van der Waals surface area contributed by atoms with E-state index < -0.39 is 21.6 Å². The standard InChI is InChI=1S/C20H19FN2O3S/c1-14-5-4-6-16(11-14)23-13-19(20(24)22-9-2-3-10-22)27(25,26)18-8-7-15(21)12-17(18)23/h4-8,11-13H,2-3,9-10H2,1H3. The van der Waals surface area contributed by atoms with Crippen LogP contribution >= 0.6 is 0 Å². The molecule has 0 atom stereocenters. The maximum Gasteiger partial charge on any atom is 0.267 e. The van der Waals surface area contributed by atoms with Crippen LogP contribution in [0.5, 0.6) is 0 Å². The highest BCUT2D eigenvalue weighted by Crippen LogP contribution is 2.40. The van der Waals surface area contributed by atoms with Crippen molar-refractivity contribution in [2.75, 3.05) is 18.0 Å². The van der Waals surface area contributed by atoms with Crippen molar-refractivity contribution in [1.82, 2.24) is 4.90 Å². The van der Waals surface area contributed by atoms with Crippen LogP contribution in [0.2, 0.25) is 0 Å². The molecule has 0 spiro atoms. The van der Waals surface area contributed by atoms with Gasteiger partial charge in [-0.3, -0.25) is 4.79 Å². The lowest BCUT2D eigenvalue weighted by Gasteiger charge is -2.30. The van der Waals surface area contributed by atoms with Crippen LogP contribution in [0.4, 0.5) is 15.8 Å². The number of carbonyl (C=O) groups is 1. The number of aryl methyl sites for hydroxylation is 1. The first kappa shape index (κ1) is 17.7. The van der Waals surface area contributed by atoms with Crippen LogP contribution in [-0.2, 0) is 14.6 Å². The molecule has 0 bridgehead atoms. The molecule has 7 heteroatoms. The molecule has 0 unspecified atom stereocenters. The fourth-order valence-corrected chi connectivity index (χ4v) is 5.04. The number of benzene rings is 2. The summed E-state index contributed by atoms with van der Waals surface area (Å²) in [5, 5.41) is 0. The van der Waals surface area contributed by atoms with Crippen LogP contribution in [0.15, 0.2) is 58.5 Å². The summed E-state index contributed by atoms with van der Waals surface area (Å²) < 4.78 is 40.1. The molecule has 0 N–H and O–H groups in total. The number of amides is 1. The number of hydrogen-bond acceptors (Lipinski definition) is 4. The highest BCUT2D eigenvalue weighted by atomic mass is 32.2. The van der Waals surface area contributed by atoms with Crippen LogP contribution in [-0.4, -0.2) is 32.3 Å². The molecule has 27 heavy (non-hydrogen) atoms. The number of anilines is 2. The third kappa shape index (κ3) is 3.02. The van der Waals surface area contributed by atoms with Crippen LogP contribution in [0.3, 0.4) is 0 Å². The van der Waals surface area contributed by atoms with Crippen LogP contribution in [0.25, 0.3) is 0 Å². The zero-order valence-electron chi connectivity index (χ0n) is 14.9. The molecule has 2 aromatic carbocycles. The molecule has 2 aliphatic rings. The summed E-state index contributed by atoms with van der Waals surface area (Å²) in [7, 11) is -4.03. The van der Waals surface area contributed by atoms with E-state index >= 15 is 0 Å². The minimum Gasteiger partial charge on any atom is -0.338 e. The number of fused-ring (bicyclic) bond motifs is 1. The van der Waals surface area contributed by atoms with Gasteiger partial charge >= 0.3 is 0 Å². The van der Waals surface area contributed by atoms with E-state index in [4.69, 9.17) is 0 Å². The highest BCUT2D eigenvalue weighted by molar-refractivity contribution is 7.96. The average Bonchev–Trinajstić information content (AvgIpc) is 3.15. The molecule has 2 aliphatic heterocycles. The number of likely N-dealkylation sites (tertiary alicyclic amines) is 1. The van der Waals surface area contributed by atoms with Gasteiger partial charge in [-0.25, -0.2) is 12.8 Å². The van der Waals surface area contributed by atoms with Gasteiger partial charge in [-0.15, -0.1) is 0 Å². The first-order valence-electron chi connectivity index (χ1n) is 8.79. The van der Waals surface area contributed by atoms with E-state index in [1.807, 2.05) is 25.1 Å². The Labute approximate surface area is 157 Å². The average molecular weight is 386 g/mol. The second kappa shape index (κ2) is 6.49. The molecule has 0 aliphatic carbocycles. The normalized spacial score (nSPS) is 18.2. The first-order chi connectivity index (χ1) is 12.9. The zero-order chi connectivity index (χ0) is 19.2. The van der Waals surface area contributed by atoms with Gasteiger partial charge in [0.15, 0.2) is 4.91 Å². The summed E-state index contributed by atoms with van der Waals surface area (Å²) >= 11 is 0. The van der Waals surface area contributed by atoms with E-state index in [9.17, 15) is 17.6 Å². The molecule has 4 rings (SSSR count). The van der Waals surface area contributed by atoms with Crippen LogP contribution in [0.1, 0.15) is 18.4 Å². The highest BCUT2D eigenvalue weighted by Gasteiger charge is 2.38. The van der Waals surface area contributed by atoms with E-state index in [2.05, 4.69) is 0 Å². The van der Waals surface area contributed by atoms with Crippen molar-refractivity contribution in [2.45, 2.75) is 24.7 Å². The smallest absolute Gasteiger partial charge is 0.267 e. The summed E-state index contributed by atoms with van der Waals surface area (Å²) in [6, 6.07) is 10.9. The molecule has 2 heterocycles. The molecule has 5 nitrogen and oxygen atoms in total. The Hall–Kier alpha value is -2.67. The predicted octanol–water partition coefficient (Wildman–Crippen LogP) is 3.52. The van der Waals surface area contributed by atoms with Gasteiger partial charge < -0.3 is 9.80 Å². The monoisotopic (exact) mass is 386 g/mol. The number of sulfone groups is 1. The molecule has 1 saturated heterocycles. The van der Waals surface area contributed by atoms with Gasteiger partial charge in [0.1, 0.15) is 5.82 Å². The van der Waals surface area contributed by atoms with Crippen molar-refractivity contribution in [1.29, 1.82) is 0 Å². The summed E-state index contributed by atoms with van der Waals surface area (Å²) in [5.41, 5.74) is 1.85. The topological polar surface area (TPSA) is 57.7 Å². The van der Waals surface area contributed by atoms with E-state index in [1.54, 1.807) is 15.9 Å². The van der Waals surface area contributed by atoms with Gasteiger partial charge in [0, 0.05) is 25.0 Å². The molecule has 2 aromatic rings. The lowest BCUT2D eigenvalue weighted by Crippen LogP contribution is -2.35. The Morgan fingerprint density at radius 2 is 1.81 bits per heavy atom. The number of nitrogens with zero attached hydrogens (tertiary/aromatic N) is 2. The zero-order valence-corrected chi connectivity index (χ0v) is 15.7. The largest absolute Gasteiger partial charge is 0.338 e. The molecular formula is C20H19FN2O3S. The molecular weight excluding hydrogens is 367 g/mol. The van der Waals surface area contributed by atoms with Gasteiger partial charge in [0.05, 0.1) is 10.6 Å². The lowest BCUT2D eigenvalue weighted by atomic mass is 10.2. The Balaban J connectivity index is 1.91. The van der Waals surface area contributed by atoms with Crippen molar-refractivity contribution < 1.29 is 17.6 Å². The van der Waals surface area contributed by atoms with E-state index in [1.165, 1.54) is 18.3 Å². The maximum atomic E-state index is 13.9. The van der Waals surface area contributed by atoms with Crippen molar-refractivity contribution in [3.63, 3.8) is 0 Å². The van der Waals surface area contributed by atoms with E-state index in [0.717, 1.165) is 24.5 Å². The summed E-state index contributed by atoms with van der Waals surface area (Å²) in [6.07, 6.45) is 3.05. The molecule has 1 amide bonds. The molecule has 1 fully saturated rings. The third-order valence-electron chi connectivity index (χ3n) is 4.89. The SMILES string of the molecule is Cc1cccc(N2C=C(C(=O)N3CCCC3)S(=O)(=O)c3ccc(F)cc32)c1. The quantitative estimate of drug-likeness (QED) is 0.741. The van der Waals surface area contributed by atoms with Crippen LogP contribution < -0.4 is 4.90 Å². The van der Waals surface area contributed by atoms with E-state index in [-0.39, 0.29) is 15.5 Å². The van der Waals surface area contributed by atoms with Crippen molar-refractivity contribution in [2.24, 2.45) is 0 Å². The molecule has 0 saturated carbocycles. The second-order valence-corrected chi connectivity index (χ2v) is 8.70. The molecule has 0 aromatic heterocycles. The number of carbonyl (C=O) groups excluding carboxylic acids is 1. The van der Waals surface area contributed by atoms with Gasteiger partial charge in [-0.1, -0.05) is 12.1 Å². The Morgan fingerprint density at radius 1 is 1.07 bits per heavy atom. The molecule has 140 valence electrons. The number of hydrogen-bond donors (Lipinski definition) is 0. The van der Waals surface area contributed by atoms with Crippen molar-refractivity contribution in [3.05, 3.63) is 65.0 Å². The second-order valence-electron chi connectivity index (χ2n) is 6.82. The van der Waals surface area contributed by atoms with Crippen molar-refractivity contribution in [3.8, 4) is 0 Å². The Kier molecular flexibility index (Phi) is 4.26. The maximum absolute atomic E-state index is 13.9. The summed E-state index contributed by atoms with van der Waals surface area (Å²) in [5.74, 6) is -1.04. The summed E-state index contributed by atoms with van der Waals surface area (Å²) in [6.45, 7) is 3.01. The van der Waals surface area contributed by atoms with Crippen LogP contribution in [0, 0.1) is 12.7 Å².